The van der Waals surface area contributed by atoms with Gasteiger partial charge in [0.2, 0.25) is 0 Å². The monoisotopic (exact) mass is 396 g/mol. The Hall–Kier alpha value is -2.73. The van der Waals surface area contributed by atoms with Crippen LogP contribution in [0.4, 0.5) is 5.69 Å². The van der Waals surface area contributed by atoms with Gasteiger partial charge in [-0.3, -0.25) is 9.69 Å². The molecule has 5 nitrogen and oxygen atoms in total. The zero-order valence-electron chi connectivity index (χ0n) is 16.6. The molecule has 1 heterocycles. The number of hydrogen-bond acceptors (Lipinski definition) is 5. The minimum Gasteiger partial charge on any atom is -0.497 e. The number of carbonyl (C=O) groups is 1. The lowest BCUT2D eigenvalue weighted by molar-refractivity contribution is -0.122. The van der Waals surface area contributed by atoms with Gasteiger partial charge in [-0.05, 0) is 61.5 Å². The third-order valence-corrected chi connectivity index (χ3v) is 5.32. The quantitative estimate of drug-likeness (QED) is 0.643. The van der Waals surface area contributed by atoms with E-state index >= 15 is 0 Å². The first-order chi connectivity index (χ1) is 13.5. The summed E-state index contributed by atoms with van der Waals surface area (Å²) in [6.45, 7) is 4.72. The molecule has 0 aromatic heterocycles. The van der Waals surface area contributed by atoms with E-state index in [2.05, 4.69) is 0 Å². The first-order valence-corrected chi connectivity index (χ1v) is 9.96. The van der Waals surface area contributed by atoms with Crippen molar-refractivity contribution in [1.29, 1.82) is 0 Å². The molecule has 2 aromatic carbocycles. The maximum absolute atomic E-state index is 13.0. The van der Waals surface area contributed by atoms with Gasteiger partial charge in [0.05, 0.1) is 24.8 Å². The van der Waals surface area contributed by atoms with Crippen LogP contribution in [-0.2, 0) is 4.79 Å². The number of nitrogens with zero attached hydrogens (tertiary/aromatic N) is 2. The Balaban J connectivity index is 1.98. The Morgan fingerprint density at radius 3 is 2.50 bits per heavy atom. The van der Waals surface area contributed by atoms with Crippen LogP contribution in [0.15, 0.2) is 52.4 Å². The Labute approximate surface area is 170 Å². The Bertz CT molecular complexity index is 920. The maximum Gasteiger partial charge on any atom is 0.266 e. The van der Waals surface area contributed by atoms with Gasteiger partial charge in [0.1, 0.15) is 11.5 Å². The predicted octanol–water partition coefficient (Wildman–Crippen LogP) is 5.03. The largest absolute Gasteiger partial charge is 0.497 e. The van der Waals surface area contributed by atoms with E-state index in [4.69, 9.17) is 14.5 Å². The highest BCUT2D eigenvalue weighted by molar-refractivity contribution is 8.18. The fourth-order valence-electron chi connectivity index (χ4n) is 2.84. The predicted molar refractivity (Wildman–Crippen MR) is 115 cm³/mol. The number of benzene rings is 2. The summed E-state index contributed by atoms with van der Waals surface area (Å²) in [5.74, 6) is 1.36. The van der Waals surface area contributed by atoms with Crippen LogP contribution < -0.4 is 9.47 Å². The van der Waals surface area contributed by atoms with Crippen molar-refractivity contribution in [1.82, 2.24) is 4.90 Å². The molecule has 1 saturated heterocycles. The molecule has 0 N–H and O–H groups in total. The van der Waals surface area contributed by atoms with Crippen molar-refractivity contribution in [3.63, 3.8) is 0 Å². The van der Waals surface area contributed by atoms with Crippen LogP contribution >= 0.6 is 11.8 Å². The van der Waals surface area contributed by atoms with Crippen LogP contribution in [0.3, 0.4) is 0 Å². The van der Waals surface area contributed by atoms with Gasteiger partial charge in [-0.15, -0.1) is 0 Å². The van der Waals surface area contributed by atoms with Crippen LogP contribution in [-0.4, -0.2) is 36.7 Å². The number of amides is 1. The SMILES string of the molecule is CCCN1C(=O)/C(=C\c2cc(OC)ccc2OC)SC1=Nc1ccc(C)cc1. The van der Waals surface area contributed by atoms with E-state index in [9.17, 15) is 4.79 Å². The summed E-state index contributed by atoms with van der Waals surface area (Å²) in [4.78, 5) is 20.1. The Kier molecular flexibility index (Phi) is 6.41. The van der Waals surface area contributed by atoms with Crippen LogP contribution in [0.5, 0.6) is 11.5 Å². The van der Waals surface area contributed by atoms with Gasteiger partial charge in [0.15, 0.2) is 5.17 Å². The lowest BCUT2D eigenvalue weighted by atomic mass is 10.1. The highest BCUT2D eigenvalue weighted by Crippen LogP contribution is 2.36. The third kappa shape index (κ3) is 4.39. The topological polar surface area (TPSA) is 51.1 Å². The van der Waals surface area contributed by atoms with Gasteiger partial charge >= 0.3 is 0 Å². The lowest BCUT2D eigenvalue weighted by Gasteiger charge is -2.14. The standard InChI is InChI=1S/C22H24N2O3S/c1-5-12-24-21(25)20(14-16-13-18(26-3)10-11-19(16)27-4)28-22(24)23-17-8-6-15(2)7-9-17/h6-11,13-14H,5,12H2,1-4H3/b20-14+,23-22?. The molecule has 0 spiro atoms. The van der Waals surface area contributed by atoms with Gasteiger partial charge in [0.25, 0.3) is 5.91 Å². The second-order valence-corrected chi connectivity index (χ2v) is 7.41. The molecular weight excluding hydrogens is 372 g/mol. The number of hydrogen-bond donors (Lipinski definition) is 0. The summed E-state index contributed by atoms with van der Waals surface area (Å²) < 4.78 is 10.7. The highest BCUT2D eigenvalue weighted by Gasteiger charge is 2.33. The molecule has 0 radical (unpaired) electrons. The number of methoxy groups -OCH3 is 2. The summed E-state index contributed by atoms with van der Waals surface area (Å²) in [6.07, 6.45) is 2.70. The summed E-state index contributed by atoms with van der Waals surface area (Å²) in [5, 5.41) is 0.698. The zero-order chi connectivity index (χ0) is 20.1. The molecule has 28 heavy (non-hydrogen) atoms. The average molecular weight is 397 g/mol. The Morgan fingerprint density at radius 1 is 1.11 bits per heavy atom. The summed E-state index contributed by atoms with van der Waals surface area (Å²) in [7, 11) is 3.23. The van der Waals surface area contributed by atoms with Crippen LogP contribution in [0.25, 0.3) is 6.08 Å². The molecule has 1 fully saturated rings. The minimum atomic E-state index is -0.0393. The smallest absolute Gasteiger partial charge is 0.266 e. The second kappa shape index (κ2) is 8.97. The first kappa shape index (κ1) is 20.0. The van der Waals surface area contributed by atoms with Crippen molar-refractivity contribution in [2.45, 2.75) is 20.3 Å². The van der Waals surface area contributed by atoms with Gasteiger partial charge in [-0.25, -0.2) is 4.99 Å². The van der Waals surface area contributed by atoms with E-state index in [0.29, 0.717) is 28.1 Å². The molecule has 0 saturated carbocycles. The molecule has 1 aliphatic heterocycles. The van der Waals surface area contributed by atoms with Crippen molar-refractivity contribution in [2.75, 3.05) is 20.8 Å². The summed E-state index contributed by atoms with van der Waals surface area (Å²) in [5.41, 5.74) is 2.81. The molecule has 1 aliphatic rings. The number of rotatable bonds is 6. The van der Waals surface area contributed by atoms with Gasteiger partial charge in [-0.1, -0.05) is 24.6 Å². The van der Waals surface area contributed by atoms with E-state index in [1.165, 1.54) is 17.3 Å². The number of thioether (sulfide) groups is 1. The molecule has 1 amide bonds. The average Bonchev–Trinajstić information content (AvgIpc) is 2.99. The maximum atomic E-state index is 13.0. The van der Waals surface area contributed by atoms with Crippen LogP contribution in [0.2, 0.25) is 0 Å². The van der Waals surface area contributed by atoms with Crippen molar-refractivity contribution in [2.24, 2.45) is 4.99 Å². The molecule has 2 aromatic rings. The van der Waals surface area contributed by atoms with E-state index in [1.54, 1.807) is 19.1 Å². The highest BCUT2D eigenvalue weighted by atomic mass is 32.2. The van der Waals surface area contributed by atoms with E-state index in [1.807, 2.05) is 62.4 Å². The van der Waals surface area contributed by atoms with Gasteiger partial charge < -0.3 is 9.47 Å². The van der Waals surface area contributed by atoms with E-state index in [-0.39, 0.29) is 5.91 Å². The van der Waals surface area contributed by atoms with Crippen LogP contribution in [0, 0.1) is 6.92 Å². The minimum absolute atomic E-state index is 0.0393. The molecule has 0 bridgehead atoms. The van der Waals surface area contributed by atoms with Crippen molar-refractivity contribution < 1.29 is 14.3 Å². The Morgan fingerprint density at radius 2 is 1.86 bits per heavy atom. The molecular formula is C22H24N2O3S. The molecule has 146 valence electrons. The fraction of sp³-hybridized carbons (Fsp3) is 0.273. The molecule has 0 atom stereocenters. The van der Waals surface area contributed by atoms with E-state index < -0.39 is 0 Å². The van der Waals surface area contributed by atoms with E-state index in [0.717, 1.165) is 17.7 Å². The van der Waals surface area contributed by atoms with Crippen molar-refractivity contribution in [3.8, 4) is 11.5 Å². The molecule has 0 unspecified atom stereocenters. The van der Waals surface area contributed by atoms with Gasteiger partial charge in [0, 0.05) is 12.1 Å². The molecule has 3 rings (SSSR count). The second-order valence-electron chi connectivity index (χ2n) is 6.41. The summed E-state index contributed by atoms with van der Waals surface area (Å²) in [6, 6.07) is 13.5. The van der Waals surface area contributed by atoms with Crippen LogP contribution in [0.1, 0.15) is 24.5 Å². The molecule has 0 aliphatic carbocycles. The lowest BCUT2D eigenvalue weighted by Crippen LogP contribution is -2.29. The molecule has 6 heteroatoms. The number of ether oxygens (including phenoxy) is 2. The number of carbonyl (C=O) groups excluding carboxylic acids is 1. The van der Waals surface area contributed by atoms with Crippen molar-refractivity contribution >= 4 is 34.6 Å². The fourth-order valence-corrected chi connectivity index (χ4v) is 3.85. The summed E-state index contributed by atoms with van der Waals surface area (Å²) >= 11 is 1.38. The number of aryl methyl sites for hydroxylation is 1. The number of amidine groups is 1. The number of aliphatic imine (C=N–C) groups is 1. The normalized spacial score (nSPS) is 16.9. The first-order valence-electron chi connectivity index (χ1n) is 9.14. The zero-order valence-corrected chi connectivity index (χ0v) is 17.4. The van der Waals surface area contributed by atoms with Gasteiger partial charge in [-0.2, -0.15) is 0 Å². The third-order valence-electron chi connectivity index (χ3n) is 4.32. The van der Waals surface area contributed by atoms with Crippen molar-refractivity contribution in [3.05, 3.63) is 58.5 Å².